The van der Waals surface area contributed by atoms with Gasteiger partial charge < -0.3 is 10.1 Å². The summed E-state index contributed by atoms with van der Waals surface area (Å²) >= 11 is 0. The minimum absolute atomic E-state index is 0.282. The van der Waals surface area contributed by atoms with E-state index in [2.05, 4.69) is 5.32 Å². The fourth-order valence-corrected chi connectivity index (χ4v) is 3.31. The number of ether oxygens (including phenoxy) is 1. The maximum atomic E-state index is 12.6. The Morgan fingerprint density at radius 2 is 1.72 bits per heavy atom. The maximum absolute atomic E-state index is 12.6. The number of unbranched alkanes of at least 4 members (excludes halogenated alkanes) is 1. The smallest absolute Gasteiger partial charge is 0.261 e. The lowest BCUT2D eigenvalue weighted by molar-refractivity contribution is 0.0652. The second kappa shape index (κ2) is 9.47. The fraction of sp³-hybridized carbons (Fsp3) is 0.348. The minimum Gasteiger partial charge on any atom is -0.377 e. The average molecular weight is 394 g/mol. The van der Waals surface area contributed by atoms with E-state index in [0.717, 1.165) is 24.0 Å². The number of benzene rings is 2. The van der Waals surface area contributed by atoms with Gasteiger partial charge in [0, 0.05) is 25.3 Å². The Kier molecular flexibility index (Phi) is 6.77. The van der Waals surface area contributed by atoms with Crippen LogP contribution >= 0.6 is 0 Å². The number of nitrogens with one attached hydrogen (secondary N) is 1. The zero-order chi connectivity index (χ0) is 20.8. The normalized spacial score (nSPS) is 13.0. The average Bonchev–Trinajstić information content (AvgIpc) is 2.98. The number of carbonyl (C=O) groups is 3. The van der Waals surface area contributed by atoms with Gasteiger partial charge in [-0.2, -0.15) is 0 Å². The van der Waals surface area contributed by atoms with Crippen molar-refractivity contribution in [3.8, 4) is 0 Å². The van der Waals surface area contributed by atoms with Crippen LogP contribution in [0.5, 0.6) is 0 Å². The summed E-state index contributed by atoms with van der Waals surface area (Å²) in [5.41, 5.74) is 3.04. The molecule has 1 aliphatic heterocycles. The standard InChI is InChI=1S/C23H26N2O4/c1-3-5-12-25-22(27)19-11-10-16(13-20(19)23(25)28)21(26)24-14-17-8-6-7-9-18(17)15-29-4-2/h6-11,13H,3-5,12,14-15H2,1-2H3,(H,24,26). The molecule has 29 heavy (non-hydrogen) atoms. The summed E-state index contributed by atoms with van der Waals surface area (Å²) in [6, 6.07) is 12.5. The van der Waals surface area contributed by atoms with Crippen LogP contribution in [0.3, 0.4) is 0 Å². The monoisotopic (exact) mass is 394 g/mol. The highest BCUT2D eigenvalue weighted by molar-refractivity contribution is 6.22. The van der Waals surface area contributed by atoms with E-state index >= 15 is 0 Å². The van der Waals surface area contributed by atoms with E-state index in [1.165, 1.54) is 11.0 Å². The minimum atomic E-state index is -0.324. The van der Waals surface area contributed by atoms with E-state index in [0.29, 0.717) is 43.0 Å². The lowest BCUT2D eigenvalue weighted by Crippen LogP contribution is -2.30. The molecule has 3 rings (SSSR count). The van der Waals surface area contributed by atoms with Gasteiger partial charge in [0.1, 0.15) is 0 Å². The van der Waals surface area contributed by atoms with Crippen molar-refractivity contribution < 1.29 is 19.1 Å². The molecular weight excluding hydrogens is 368 g/mol. The summed E-state index contributed by atoms with van der Waals surface area (Å²) in [5.74, 6) is -0.892. The fourth-order valence-electron chi connectivity index (χ4n) is 3.31. The van der Waals surface area contributed by atoms with E-state index in [-0.39, 0.29) is 17.7 Å². The van der Waals surface area contributed by atoms with Crippen molar-refractivity contribution in [2.24, 2.45) is 0 Å². The Morgan fingerprint density at radius 1 is 1.00 bits per heavy atom. The van der Waals surface area contributed by atoms with Gasteiger partial charge >= 0.3 is 0 Å². The topological polar surface area (TPSA) is 75.7 Å². The number of hydrogen-bond acceptors (Lipinski definition) is 4. The van der Waals surface area contributed by atoms with Crippen LogP contribution in [0.15, 0.2) is 42.5 Å². The number of hydrogen-bond donors (Lipinski definition) is 1. The molecule has 2 aromatic rings. The van der Waals surface area contributed by atoms with Crippen molar-refractivity contribution >= 4 is 17.7 Å². The van der Waals surface area contributed by atoms with Crippen molar-refractivity contribution in [3.63, 3.8) is 0 Å². The molecule has 1 aliphatic rings. The van der Waals surface area contributed by atoms with Gasteiger partial charge in [0.15, 0.2) is 0 Å². The van der Waals surface area contributed by atoms with Crippen molar-refractivity contribution in [2.75, 3.05) is 13.2 Å². The number of amides is 3. The van der Waals surface area contributed by atoms with Crippen molar-refractivity contribution in [2.45, 2.75) is 39.8 Å². The molecule has 0 radical (unpaired) electrons. The summed E-state index contributed by atoms with van der Waals surface area (Å²) in [4.78, 5) is 38.9. The van der Waals surface area contributed by atoms with Gasteiger partial charge in [0.05, 0.1) is 17.7 Å². The van der Waals surface area contributed by atoms with Crippen molar-refractivity contribution in [1.82, 2.24) is 10.2 Å². The Balaban J connectivity index is 1.71. The molecule has 0 aromatic heterocycles. The molecule has 0 bridgehead atoms. The van der Waals surface area contributed by atoms with Crippen LogP contribution in [0.4, 0.5) is 0 Å². The molecule has 3 amide bonds. The molecule has 6 nitrogen and oxygen atoms in total. The molecule has 1 N–H and O–H groups in total. The first-order valence-electron chi connectivity index (χ1n) is 9.99. The van der Waals surface area contributed by atoms with Gasteiger partial charge in [-0.1, -0.05) is 37.6 Å². The molecule has 152 valence electrons. The predicted molar refractivity (Wildman–Crippen MR) is 110 cm³/mol. The van der Waals surface area contributed by atoms with E-state index in [9.17, 15) is 14.4 Å². The molecular formula is C23H26N2O4. The third kappa shape index (κ3) is 4.54. The second-order valence-electron chi connectivity index (χ2n) is 6.96. The Hall–Kier alpha value is -2.99. The van der Waals surface area contributed by atoms with Gasteiger partial charge in [-0.3, -0.25) is 19.3 Å². The summed E-state index contributed by atoms with van der Waals surface area (Å²) in [6.07, 6.45) is 1.66. The predicted octanol–water partition coefficient (Wildman–Crippen LogP) is 3.55. The van der Waals surface area contributed by atoms with E-state index in [1.54, 1.807) is 12.1 Å². The van der Waals surface area contributed by atoms with Gasteiger partial charge in [0.2, 0.25) is 0 Å². The summed E-state index contributed by atoms with van der Waals surface area (Å²) in [5, 5.41) is 2.89. The van der Waals surface area contributed by atoms with E-state index in [1.807, 2.05) is 38.1 Å². The largest absolute Gasteiger partial charge is 0.377 e. The van der Waals surface area contributed by atoms with Crippen LogP contribution in [0, 0.1) is 0 Å². The molecule has 6 heteroatoms. The highest BCUT2D eigenvalue weighted by atomic mass is 16.5. The highest BCUT2D eigenvalue weighted by Gasteiger charge is 2.35. The quantitative estimate of drug-likeness (QED) is 0.660. The zero-order valence-electron chi connectivity index (χ0n) is 16.9. The van der Waals surface area contributed by atoms with Crippen LogP contribution in [0.25, 0.3) is 0 Å². The first-order valence-corrected chi connectivity index (χ1v) is 9.99. The first-order chi connectivity index (χ1) is 14.1. The Bertz CT molecular complexity index is 923. The third-order valence-electron chi connectivity index (χ3n) is 4.99. The maximum Gasteiger partial charge on any atom is 0.261 e. The molecule has 0 fully saturated rings. The van der Waals surface area contributed by atoms with E-state index in [4.69, 9.17) is 4.74 Å². The lowest BCUT2D eigenvalue weighted by Gasteiger charge is -2.12. The van der Waals surface area contributed by atoms with Gasteiger partial charge in [-0.15, -0.1) is 0 Å². The van der Waals surface area contributed by atoms with Gasteiger partial charge in [0.25, 0.3) is 17.7 Å². The molecule has 0 unspecified atom stereocenters. The Labute approximate surface area is 170 Å². The molecule has 0 saturated carbocycles. The summed E-state index contributed by atoms with van der Waals surface area (Å²) in [6.45, 7) is 5.82. The number of nitrogens with zero attached hydrogens (tertiary/aromatic N) is 1. The molecule has 0 atom stereocenters. The number of fused-ring (bicyclic) bond motifs is 1. The highest BCUT2D eigenvalue weighted by Crippen LogP contribution is 2.24. The zero-order valence-corrected chi connectivity index (χ0v) is 16.9. The van der Waals surface area contributed by atoms with Crippen LogP contribution in [0.1, 0.15) is 68.9 Å². The van der Waals surface area contributed by atoms with Crippen molar-refractivity contribution in [1.29, 1.82) is 0 Å². The van der Waals surface area contributed by atoms with Crippen LogP contribution < -0.4 is 5.32 Å². The number of rotatable bonds is 9. The lowest BCUT2D eigenvalue weighted by atomic mass is 10.0. The SMILES string of the molecule is CCCCN1C(=O)c2ccc(C(=O)NCc3ccccc3COCC)cc2C1=O. The molecule has 1 heterocycles. The van der Waals surface area contributed by atoms with Gasteiger partial charge in [-0.05, 0) is 42.7 Å². The summed E-state index contributed by atoms with van der Waals surface area (Å²) in [7, 11) is 0. The number of imide groups is 1. The molecule has 2 aromatic carbocycles. The number of carbonyl (C=O) groups excluding carboxylic acids is 3. The molecule has 0 aliphatic carbocycles. The second-order valence-corrected chi connectivity index (χ2v) is 6.96. The van der Waals surface area contributed by atoms with E-state index < -0.39 is 0 Å². The molecule has 0 saturated heterocycles. The van der Waals surface area contributed by atoms with Crippen molar-refractivity contribution in [3.05, 3.63) is 70.3 Å². The summed E-state index contributed by atoms with van der Waals surface area (Å²) < 4.78 is 5.48. The van der Waals surface area contributed by atoms with Crippen LogP contribution in [-0.4, -0.2) is 35.8 Å². The van der Waals surface area contributed by atoms with Crippen LogP contribution in [0.2, 0.25) is 0 Å². The molecule has 0 spiro atoms. The van der Waals surface area contributed by atoms with Gasteiger partial charge in [-0.25, -0.2) is 0 Å². The first kappa shape index (κ1) is 20.7. The van der Waals surface area contributed by atoms with Crippen LogP contribution in [-0.2, 0) is 17.9 Å². The Morgan fingerprint density at radius 3 is 2.45 bits per heavy atom. The third-order valence-corrected chi connectivity index (χ3v) is 4.99.